The highest BCUT2D eigenvalue weighted by Gasteiger charge is 2.36. The molecule has 3 heterocycles. The van der Waals surface area contributed by atoms with Crippen molar-refractivity contribution in [1.29, 1.82) is 0 Å². The van der Waals surface area contributed by atoms with Crippen molar-refractivity contribution in [2.24, 2.45) is 0 Å². The van der Waals surface area contributed by atoms with Crippen molar-refractivity contribution in [1.82, 2.24) is 10.3 Å². The molecule has 214 valence electrons. The number of benzene rings is 3. The predicted molar refractivity (Wildman–Crippen MR) is 154 cm³/mol. The van der Waals surface area contributed by atoms with E-state index in [1.54, 1.807) is 24.1 Å². The van der Waals surface area contributed by atoms with Crippen molar-refractivity contribution in [3.63, 3.8) is 0 Å². The Morgan fingerprint density at radius 1 is 0.951 bits per heavy atom. The Morgan fingerprint density at radius 2 is 1.61 bits per heavy atom. The van der Waals surface area contributed by atoms with Gasteiger partial charge in [-0.2, -0.15) is 0 Å². The quantitative estimate of drug-likeness (QED) is 0.211. The van der Waals surface area contributed by atoms with E-state index < -0.39 is 41.9 Å². The van der Waals surface area contributed by atoms with Gasteiger partial charge in [0, 0.05) is 52.9 Å². The first-order valence-electron chi connectivity index (χ1n) is 13.2. The van der Waals surface area contributed by atoms with Gasteiger partial charge in [0.2, 0.25) is 0 Å². The number of aromatic amines is 1. The maximum Gasteiger partial charge on any atom is 0.259 e. The molecule has 2 aliphatic rings. The second kappa shape index (κ2) is 12.1. The predicted octanol–water partition coefficient (Wildman–Crippen LogP) is 4.72. The second-order valence-electron chi connectivity index (χ2n) is 9.49. The summed E-state index contributed by atoms with van der Waals surface area (Å²) < 4.78 is 34.7. The molecular weight excluding hydrogens is 532 g/mol. The monoisotopic (exact) mass is 563 g/mol. The van der Waals surface area contributed by atoms with Crippen LogP contribution < -0.4 is 10.2 Å². The molecule has 1 fully saturated rings. The van der Waals surface area contributed by atoms with Crippen molar-refractivity contribution >= 4 is 39.3 Å². The van der Waals surface area contributed by atoms with Gasteiger partial charge >= 0.3 is 0 Å². The Bertz CT molecular complexity index is 1650. The molecule has 0 bridgehead atoms. The summed E-state index contributed by atoms with van der Waals surface area (Å²) >= 11 is 0. The number of nitrogens with one attached hydrogen (secondary N) is 2. The molecule has 0 unspecified atom stereocenters. The largest absolute Gasteiger partial charge is 0.394 e. The highest BCUT2D eigenvalue weighted by Crippen LogP contribution is 2.42. The number of anilines is 1. The molecule has 3 aromatic carbocycles. The molecule has 2 amide bonds. The maximum absolute atomic E-state index is 14.6. The first-order valence-corrected chi connectivity index (χ1v) is 13.2. The summed E-state index contributed by atoms with van der Waals surface area (Å²) in [7, 11) is 1.71. The third-order valence-corrected chi connectivity index (χ3v) is 7.15. The second-order valence-corrected chi connectivity index (χ2v) is 9.49. The van der Waals surface area contributed by atoms with Crippen LogP contribution in [-0.4, -0.2) is 59.1 Å². The van der Waals surface area contributed by atoms with Crippen LogP contribution >= 0.6 is 0 Å². The normalized spacial score (nSPS) is 19.6. The Labute approximate surface area is 235 Å². The topological polar surface area (TPSA) is 115 Å². The molecule has 2 aliphatic heterocycles. The van der Waals surface area contributed by atoms with Crippen molar-refractivity contribution < 1.29 is 33.3 Å². The summed E-state index contributed by atoms with van der Waals surface area (Å²) in [5, 5.41) is 23.1. The minimum absolute atomic E-state index is 0.0701. The zero-order valence-electron chi connectivity index (χ0n) is 22.9. The first-order chi connectivity index (χ1) is 19.7. The van der Waals surface area contributed by atoms with Gasteiger partial charge in [-0.05, 0) is 48.0 Å². The number of H-pyrrole nitrogens is 1. The molecular formula is C31H31F2N3O5. The Balaban J connectivity index is 0.000000929. The Hall–Kier alpha value is -4.30. The lowest BCUT2D eigenvalue weighted by Gasteiger charge is -2.39. The number of imide groups is 1. The fourth-order valence-electron chi connectivity index (χ4n) is 5.46. The molecule has 4 N–H and O–H groups in total. The number of hydrogen-bond donors (Lipinski definition) is 4. The number of halogens is 2. The van der Waals surface area contributed by atoms with Gasteiger partial charge in [0.05, 0.1) is 29.9 Å². The molecule has 0 spiro atoms. The van der Waals surface area contributed by atoms with E-state index in [1.165, 1.54) is 30.3 Å². The number of aliphatic hydroxyl groups is 2. The molecule has 8 nitrogen and oxygen atoms in total. The fraction of sp³-hybridized carbons (Fsp3) is 0.290. The summed E-state index contributed by atoms with van der Waals surface area (Å²) in [5.41, 5.74) is 2.38. The fourth-order valence-corrected chi connectivity index (χ4v) is 5.46. The van der Waals surface area contributed by atoms with Gasteiger partial charge in [-0.1, -0.05) is 13.8 Å². The summed E-state index contributed by atoms with van der Waals surface area (Å²) in [6, 6.07) is 9.88. The maximum atomic E-state index is 14.6. The molecule has 41 heavy (non-hydrogen) atoms. The summed E-state index contributed by atoms with van der Waals surface area (Å²) in [4.78, 5) is 30.9. The van der Waals surface area contributed by atoms with Crippen LogP contribution in [0, 0.1) is 24.5 Å². The minimum Gasteiger partial charge on any atom is -0.394 e. The van der Waals surface area contributed by atoms with E-state index in [0.29, 0.717) is 45.0 Å². The lowest BCUT2D eigenvalue weighted by Crippen LogP contribution is -2.46. The van der Waals surface area contributed by atoms with Crippen LogP contribution in [0.4, 0.5) is 14.5 Å². The van der Waals surface area contributed by atoms with Gasteiger partial charge in [-0.25, -0.2) is 8.78 Å². The molecule has 1 aromatic heterocycles. The molecule has 10 heteroatoms. The van der Waals surface area contributed by atoms with Gasteiger partial charge in [0.15, 0.2) is 0 Å². The number of amides is 2. The third kappa shape index (κ3) is 5.27. The number of terminal acetylenes is 1. The summed E-state index contributed by atoms with van der Waals surface area (Å²) in [6.07, 6.45) is 6.67. The van der Waals surface area contributed by atoms with Gasteiger partial charge < -0.3 is 24.8 Å². The smallest absolute Gasteiger partial charge is 0.259 e. The van der Waals surface area contributed by atoms with E-state index in [4.69, 9.17) is 4.74 Å². The first kappa shape index (κ1) is 29.7. The number of carbonyl (C=O) groups is 2. The van der Waals surface area contributed by atoms with Crippen LogP contribution in [0.1, 0.15) is 47.4 Å². The van der Waals surface area contributed by atoms with Crippen molar-refractivity contribution in [2.75, 3.05) is 18.6 Å². The van der Waals surface area contributed by atoms with E-state index in [1.807, 2.05) is 13.8 Å². The average molecular weight is 564 g/mol. The minimum atomic E-state index is -0.696. The van der Waals surface area contributed by atoms with Gasteiger partial charge in [-0.3, -0.25) is 14.9 Å². The summed E-state index contributed by atoms with van der Waals surface area (Å²) in [6.45, 7) is 3.74. The van der Waals surface area contributed by atoms with E-state index in [2.05, 4.69) is 23.1 Å². The number of aliphatic hydroxyl groups excluding tert-OH is 2. The molecule has 0 saturated carbocycles. The molecule has 3 atom stereocenters. The van der Waals surface area contributed by atoms with E-state index in [0.717, 1.165) is 0 Å². The molecule has 1 saturated heterocycles. The number of aromatic nitrogens is 1. The number of fused-ring (bicyclic) bond motifs is 5. The van der Waals surface area contributed by atoms with Gasteiger partial charge in [0.1, 0.15) is 17.9 Å². The average Bonchev–Trinajstić information content (AvgIpc) is 3.49. The lowest BCUT2D eigenvalue weighted by atomic mass is 9.91. The zero-order valence-corrected chi connectivity index (χ0v) is 22.9. The van der Waals surface area contributed by atoms with Gasteiger partial charge in [0.25, 0.3) is 11.8 Å². The van der Waals surface area contributed by atoms with Crippen LogP contribution in [0.5, 0.6) is 0 Å². The third-order valence-electron chi connectivity index (χ3n) is 7.15. The van der Waals surface area contributed by atoms with E-state index >= 15 is 0 Å². The zero-order chi connectivity index (χ0) is 30.0. The SMILES string of the molecule is C#C.CC.CN(c1ccc(F)cc1-c1cc2[nH]c3ccc(F)cc3c2c2c1C(=O)NC2=O)[C@H]1C[C@@H](O)C[C@@H](CO)O1. The van der Waals surface area contributed by atoms with Crippen molar-refractivity contribution in [3.05, 3.63) is 65.2 Å². The van der Waals surface area contributed by atoms with Gasteiger partial charge in [-0.15, -0.1) is 12.8 Å². The Morgan fingerprint density at radius 3 is 2.32 bits per heavy atom. The Kier molecular flexibility index (Phi) is 8.73. The number of nitrogens with zero attached hydrogens (tertiary/aromatic N) is 1. The number of carbonyl (C=O) groups excluding carboxylic acids is 2. The standard InChI is InChI=1S/C27H23F2N3O5.C2H6.C2H2/c1-32(22-9-14(34)8-15(11-33)37-22)21-5-3-13(29)6-16(21)17-10-20-23(25-24(17)26(35)31-27(25)36)18-7-12(28)2-4-19(18)30-20;2*1-2/h2-7,10,14-15,22,30,33-34H,8-9,11H2,1H3,(H,31,35,36);1-2H3;1-2H/t14-,15-,22+;;/m0../s1. The number of ether oxygens (including phenoxy) is 1. The molecule has 0 aliphatic carbocycles. The highest BCUT2D eigenvalue weighted by atomic mass is 19.1. The molecule has 4 aromatic rings. The van der Waals surface area contributed by atoms with E-state index in [-0.39, 0.29) is 24.2 Å². The number of hydrogen-bond acceptors (Lipinski definition) is 6. The van der Waals surface area contributed by atoms with Crippen molar-refractivity contribution in [3.8, 4) is 24.0 Å². The van der Waals surface area contributed by atoms with Crippen LogP contribution in [0.15, 0.2) is 42.5 Å². The lowest BCUT2D eigenvalue weighted by molar-refractivity contribution is -0.110. The highest BCUT2D eigenvalue weighted by molar-refractivity contribution is 6.32. The number of rotatable bonds is 4. The van der Waals surface area contributed by atoms with Crippen LogP contribution in [-0.2, 0) is 4.74 Å². The summed E-state index contributed by atoms with van der Waals surface area (Å²) in [5.74, 6) is -2.29. The van der Waals surface area contributed by atoms with Crippen LogP contribution in [0.2, 0.25) is 0 Å². The van der Waals surface area contributed by atoms with Crippen LogP contribution in [0.25, 0.3) is 32.9 Å². The van der Waals surface area contributed by atoms with Crippen LogP contribution in [0.3, 0.4) is 0 Å². The molecule has 0 radical (unpaired) electrons. The van der Waals surface area contributed by atoms with E-state index in [9.17, 15) is 28.6 Å². The van der Waals surface area contributed by atoms with Crippen molar-refractivity contribution in [2.45, 2.75) is 45.1 Å². The molecule has 6 rings (SSSR count).